The van der Waals surface area contributed by atoms with Crippen LogP contribution in [0, 0.1) is 5.82 Å². The summed E-state index contributed by atoms with van der Waals surface area (Å²) in [4.78, 5) is 18.2. The molecule has 0 aliphatic carbocycles. The molecule has 0 bridgehead atoms. The van der Waals surface area contributed by atoms with Crippen molar-refractivity contribution >= 4 is 11.7 Å². The minimum atomic E-state index is -4.51. The Bertz CT molecular complexity index is 973. The number of hydrogen-bond acceptors (Lipinski definition) is 2. The highest BCUT2D eigenvalue weighted by molar-refractivity contribution is 5.89. The van der Waals surface area contributed by atoms with E-state index in [4.69, 9.17) is 0 Å². The summed E-state index contributed by atoms with van der Waals surface area (Å²) in [6, 6.07) is 9.71. The Hall–Kier alpha value is -3.36. The number of alkyl halides is 3. The number of urea groups is 1. The molecule has 9 heteroatoms. The molecule has 3 rings (SSSR count). The van der Waals surface area contributed by atoms with E-state index in [-0.39, 0.29) is 12.2 Å². The maximum absolute atomic E-state index is 13.5. The highest BCUT2D eigenvalue weighted by Crippen LogP contribution is 2.30. The Morgan fingerprint density at radius 2 is 1.93 bits per heavy atom. The number of benzene rings is 2. The van der Waals surface area contributed by atoms with Crippen LogP contribution in [-0.2, 0) is 19.3 Å². The molecule has 0 unspecified atom stereocenters. The molecule has 1 N–H and O–H groups in total. The summed E-state index contributed by atoms with van der Waals surface area (Å²) in [5, 5.41) is 2.51. The van der Waals surface area contributed by atoms with Crippen LogP contribution >= 0.6 is 0 Å². The van der Waals surface area contributed by atoms with Crippen molar-refractivity contribution in [3.63, 3.8) is 0 Å². The predicted molar refractivity (Wildman–Crippen MR) is 104 cm³/mol. The maximum Gasteiger partial charge on any atom is 0.416 e. The van der Waals surface area contributed by atoms with Crippen LogP contribution < -0.4 is 5.32 Å². The van der Waals surface area contributed by atoms with Gasteiger partial charge in [-0.15, -0.1) is 0 Å². The first-order valence-electron chi connectivity index (χ1n) is 9.24. The van der Waals surface area contributed by atoms with Crippen LogP contribution in [0.1, 0.15) is 17.5 Å². The quantitative estimate of drug-likeness (QED) is 0.537. The standard InChI is InChI=1S/C21H20F4N4O/c22-18-6-1-4-16(12-18)14-29(10-3-9-28-11-8-26-15-28)20(30)27-19-7-2-5-17(13-19)21(23,24)25/h1-2,4-8,11-13,15H,3,9-10,14H2,(H,27,30). The van der Waals surface area contributed by atoms with Crippen LogP contribution in [0.2, 0.25) is 0 Å². The number of imidazole rings is 1. The molecule has 1 aromatic heterocycles. The number of carbonyl (C=O) groups is 1. The Kier molecular flexibility index (Phi) is 6.71. The summed E-state index contributed by atoms with van der Waals surface area (Å²) in [7, 11) is 0. The molecular weight excluding hydrogens is 400 g/mol. The zero-order chi connectivity index (χ0) is 21.6. The van der Waals surface area contributed by atoms with Gasteiger partial charge in [0.1, 0.15) is 5.82 Å². The van der Waals surface area contributed by atoms with Crippen LogP contribution in [0.5, 0.6) is 0 Å². The van der Waals surface area contributed by atoms with E-state index < -0.39 is 23.6 Å². The number of amides is 2. The van der Waals surface area contributed by atoms with Gasteiger partial charge in [-0.2, -0.15) is 13.2 Å². The molecule has 0 spiro atoms. The minimum Gasteiger partial charge on any atom is -0.337 e. The van der Waals surface area contributed by atoms with Gasteiger partial charge in [-0.25, -0.2) is 14.2 Å². The SMILES string of the molecule is O=C(Nc1cccc(C(F)(F)F)c1)N(CCCn1ccnc1)Cc1cccc(F)c1. The molecule has 30 heavy (non-hydrogen) atoms. The summed E-state index contributed by atoms with van der Waals surface area (Å²) in [6.07, 6.45) is 1.17. The van der Waals surface area contributed by atoms with Crippen molar-refractivity contribution in [3.8, 4) is 0 Å². The van der Waals surface area contributed by atoms with Crippen LogP contribution in [0.25, 0.3) is 0 Å². The van der Waals surface area contributed by atoms with Crippen LogP contribution in [-0.4, -0.2) is 27.0 Å². The third-order valence-electron chi connectivity index (χ3n) is 4.39. The first-order valence-corrected chi connectivity index (χ1v) is 9.24. The second kappa shape index (κ2) is 9.43. The largest absolute Gasteiger partial charge is 0.416 e. The lowest BCUT2D eigenvalue weighted by Gasteiger charge is -2.24. The molecule has 0 aliphatic heterocycles. The number of aryl methyl sites for hydroxylation is 1. The van der Waals surface area contributed by atoms with Gasteiger partial charge in [0.05, 0.1) is 11.9 Å². The highest BCUT2D eigenvalue weighted by atomic mass is 19.4. The van der Waals surface area contributed by atoms with Gasteiger partial charge >= 0.3 is 12.2 Å². The molecule has 0 radical (unpaired) electrons. The van der Waals surface area contributed by atoms with E-state index in [0.717, 1.165) is 12.1 Å². The highest BCUT2D eigenvalue weighted by Gasteiger charge is 2.30. The Morgan fingerprint density at radius 1 is 1.13 bits per heavy atom. The van der Waals surface area contributed by atoms with Gasteiger partial charge in [-0.1, -0.05) is 18.2 Å². The molecule has 2 amide bonds. The molecule has 1 heterocycles. The second-order valence-electron chi connectivity index (χ2n) is 6.71. The van der Waals surface area contributed by atoms with Crippen molar-refractivity contribution in [2.45, 2.75) is 25.7 Å². The molecule has 0 saturated heterocycles. The molecule has 0 fully saturated rings. The summed E-state index contributed by atoms with van der Waals surface area (Å²) in [5.74, 6) is -0.427. The lowest BCUT2D eigenvalue weighted by atomic mass is 10.2. The Morgan fingerprint density at radius 3 is 2.63 bits per heavy atom. The number of aromatic nitrogens is 2. The fourth-order valence-corrected chi connectivity index (χ4v) is 2.95. The predicted octanol–water partition coefficient (Wildman–Crippen LogP) is 5.17. The maximum atomic E-state index is 13.5. The zero-order valence-corrected chi connectivity index (χ0v) is 15.9. The number of carbonyl (C=O) groups excluding carboxylic acids is 1. The number of anilines is 1. The average molecular weight is 420 g/mol. The van der Waals surface area contributed by atoms with Crippen molar-refractivity contribution in [1.29, 1.82) is 0 Å². The second-order valence-corrected chi connectivity index (χ2v) is 6.71. The van der Waals surface area contributed by atoms with Crippen molar-refractivity contribution in [3.05, 3.63) is 84.2 Å². The zero-order valence-electron chi connectivity index (χ0n) is 15.9. The average Bonchev–Trinajstić information content (AvgIpc) is 3.20. The number of rotatable bonds is 7. The van der Waals surface area contributed by atoms with Crippen molar-refractivity contribution < 1.29 is 22.4 Å². The van der Waals surface area contributed by atoms with Gasteiger partial charge in [-0.3, -0.25) is 0 Å². The molecule has 5 nitrogen and oxygen atoms in total. The molecule has 158 valence electrons. The van der Waals surface area contributed by atoms with E-state index in [1.807, 2.05) is 4.57 Å². The lowest BCUT2D eigenvalue weighted by Crippen LogP contribution is -2.35. The van der Waals surface area contributed by atoms with Crippen molar-refractivity contribution in [2.24, 2.45) is 0 Å². The van der Waals surface area contributed by atoms with Crippen LogP contribution in [0.4, 0.5) is 28.0 Å². The Balaban J connectivity index is 1.71. The van der Waals surface area contributed by atoms with E-state index in [0.29, 0.717) is 25.1 Å². The van der Waals surface area contributed by atoms with E-state index in [1.54, 1.807) is 30.9 Å². The van der Waals surface area contributed by atoms with Crippen LogP contribution in [0.3, 0.4) is 0 Å². The molecule has 0 atom stereocenters. The normalized spacial score (nSPS) is 11.3. The van der Waals surface area contributed by atoms with Crippen LogP contribution in [0.15, 0.2) is 67.3 Å². The molecular formula is C21H20F4N4O. The fraction of sp³-hybridized carbons (Fsp3) is 0.238. The summed E-state index contributed by atoms with van der Waals surface area (Å²) >= 11 is 0. The third kappa shape index (κ3) is 6.07. The van der Waals surface area contributed by atoms with Crippen molar-refractivity contribution in [2.75, 3.05) is 11.9 Å². The van der Waals surface area contributed by atoms with E-state index >= 15 is 0 Å². The molecule has 0 saturated carbocycles. The number of hydrogen-bond donors (Lipinski definition) is 1. The fourth-order valence-electron chi connectivity index (χ4n) is 2.95. The van der Waals surface area contributed by atoms with Gasteiger partial charge in [0.15, 0.2) is 0 Å². The third-order valence-corrected chi connectivity index (χ3v) is 4.39. The van der Waals surface area contributed by atoms with Gasteiger partial charge in [-0.05, 0) is 42.3 Å². The molecule has 2 aromatic carbocycles. The number of nitrogens with one attached hydrogen (secondary N) is 1. The monoisotopic (exact) mass is 420 g/mol. The first kappa shape index (κ1) is 21.4. The van der Waals surface area contributed by atoms with E-state index in [2.05, 4.69) is 10.3 Å². The van der Waals surface area contributed by atoms with Gasteiger partial charge in [0.2, 0.25) is 0 Å². The van der Waals surface area contributed by atoms with Gasteiger partial charge in [0, 0.05) is 37.7 Å². The number of halogens is 4. The van der Waals surface area contributed by atoms with Gasteiger partial charge < -0.3 is 14.8 Å². The topological polar surface area (TPSA) is 50.2 Å². The van der Waals surface area contributed by atoms with E-state index in [1.165, 1.54) is 29.2 Å². The summed E-state index contributed by atoms with van der Waals surface area (Å²) in [6.45, 7) is 1.04. The molecule has 0 aliphatic rings. The minimum absolute atomic E-state index is 0.0358. The first-order chi connectivity index (χ1) is 14.3. The summed E-state index contributed by atoms with van der Waals surface area (Å²) in [5.41, 5.74) is -0.234. The smallest absolute Gasteiger partial charge is 0.337 e. The van der Waals surface area contributed by atoms with Gasteiger partial charge in [0.25, 0.3) is 0 Å². The molecule has 3 aromatic rings. The summed E-state index contributed by atoms with van der Waals surface area (Å²) < 4.78 is 54.1. The van der Waals surface area contributed by atoms with E-state index in [9.17, 15) is 22.4 Å². The van der Waals surface area contributed by atoms with Crippen molar-refractivity contribution in [1.82, 2.24) is 14.5 Å². The Labute approximate surface area is 171 Å². The lowest BCUT2D eigenvalue weighted by molar-refractivity contribution is -0.137. The number of nitrogens with zero attached hydrogens (tertiary/aromatic N) is 3.